The minimum atomic E-state index is -3.23. The first-order valence-corrected chi connectivity index (χ1v) is 10.5. The molecule has 0 amide bonds. The monoisotopic (exact) mass is 384 g/mol. The Morgan fingerprint density at radius 3 is 2.46 bits per heavy atom. The maximum absolute atomic E-state index is 12.3. The van der Waals surface area contributed by atoms with Gasteiger partial charge in [-0.25, -0.2) is 18.4 Å². The molecule has 9 heteroatoms. The average Bonchev–Trinajstić information content (AvgIpc) is 2.62. The van der Waals surface area contributed by atoms with Crippen LogP contribution >= 0.6 is 0 Å². The van der Waals surface area contributed by atoms with Gasteiger partial charge in [-0.1, -0.05) is 6.92 Å². The summed E-state index contributed by atoms with van der Waals surface area (Å²) < 4.78 is 31.4. The quantitative estimate of drug-likeness (QED) is 0.661. The normalized spacial score (nSPS) is 17.3. The largest absolute Gasteiger partial charge is 0.454 e. The van der Waals surface area contributed by atoms with Gasteiger partial charge in [-0.15, -0.1) is 0 Å². The van der Waals surface area contributed by atoms with Gasteiger partial charge in [0.25, 0.3) is 0 Å². The average molecular weight is 385 g/mol. The molecule has 1 aliphatic heterocycles. The van der Waals surface area contributed by atoms with E-state index >= 15 is 0 Å². The van der Waals surface area contributed by atoms with E-state index in [9.17, 15) is 13.2 Å². The molecule has 2 rings (SSSR count). The summed E-state index contributed by atoms with van der Waals surface area (Å²) in [4.78, 5) is 22.4. The highest BCUT2D eigenvalue weighted by molar-refractivity contribution is 7.89. The number of anilines is 1. The van der Waals surface area contributed by atoms with Crippen molar-refractivity contribution in [3.05, 3.63) is 18.1 Å². The lowest BCUT2D eigenvalue weighted by molar-refractivity contribution is -0.149. The van der Waals surface area contributed by atoms with Crippen LogP contribution in [0.2, 0.25) is 0 Å². The first kappa shape index (κ1) is 20.6. The molecule has 1 saturated heterocycles. The van der Waals surface area contributed by atoms with E-state index in [1.165, 1.54) is 4.31 Å². The maximum atomic E-state index is 12.3. The summed E-state index contributed by atoms with van der Waals surface area (Å²) in [6.07, 6.45) is 2.22. The minimum Gasteiger partial charge on any atom is -0.454 e. The van der Waals surface area contributed by atoms with Crippen LogP contribution in [0.3, 0.4) is 0 Å². The van der Waals surface area contributed by atoms with Crippen LogP contribution in [0, 0.1) is 0 Å². The first-order chi connectivity index (χ1) is 12.3. The van der Waals surface area contributed by atoms with Gasteiger partial charge < -0.3 is 9.64 Å². The van der Waals surface area contributed by atoms with Crippen LogP contribution in [-0.2, 0) is 19.6 Å². The molecule has 26 heavy (non-hydrogen) atoms. The number of ether oxygens (including phenoxy) is 1. The molecule has 1 aliphatic rings. The van der Waals surface area contributed by atoms with Crippen molar-refractivity contribution in [2.75, 3.05) is 31.1 Å². The summed E-state index contributed by atoms with van der Waals surface area (Å²) in [5.41, 5.74) is 0. The van der Waals surface area contributed by atoms with Crippen molar-refractivity contribution in [1.82, 2.24) is 14.3 Å². The summed E-state index contributed by atoms with van der Waals surface area (Å²) in [6.45, 7) is 9.04. The highest BCUT2D eigenvalue weighted by atomic mass is 32.2. The number of sulfonamides is 1. The van der Waals surface area contributed by atoms with E-state index in [1.54, 1.807) is 33.0 Å². The zero-order chi connectivity index (χ0) is 19.3. The zero-order valence-corrected chi connectivity index (χ0v) is 16.7. The van der Waals surface area contributed by atoms with E-state index in [-0.39, 0.29) is 5.97 Å². The van der Waals surface area contributed by atoms with Crippen LogP contribution in [-0.4, -0.2) is 60.1 Å². The van der Waals surface area contributed by atoms with Gasteiger partial charge in [0.15, 0.2) is 11.9 Å². The van der Waals surface area contributed by atoms with Crippen molar-refractivity contribution in [1.29, 1.82) is 0 Å². The second-order valence-electron chi connectivity index (χ2n) is 6.63. The second kappa shape index (κ2) is 8.77. The third-order valence-electron chi connectivity index (χ3n) is 4.30. The van der Waals surface area contributed by atoms with Gasteiger partial charge in [0.2, 0.25) is 10.0 Å². The van der Waals surface area contributed by atoms with E-state index < -0.39 is 21.4 Å². The Labute approximate surface area is 155 Å². The van der Waals surface area contributed by atoms with Crippen molar-refractivity contribution in [3.63, 3.8) is 0 Å². The van der Waals surface area contributed by atoms with Crippen LogP contribution in [0.5, 0.6) is 0 Å². The van der Waals surface area contributed by atoms with Gasteiger partial charge in [0.1, 0.15) is 5.82 Å². The van der Waals surface area contributed by atoms with Gasteiger partial charge in [-0.2, -0.15) is 4.31 Å². The lowest BCUT2D eigenvalue weighted by Gasteiger charge is -2.35. The third-order valence-corrected chi connectivity index (χ3v) is 6.58. The first-order valence-electron chi connectivity index (χ1n) is 9.02. The molecule has 146 valence electrons. The van der Waals surface area contributed by atoms with Gasteiger partial charge in [-0.3, -0.25) is 4.79 Å². The van der Waals surface area contributed by atoms with Crippen molar-refractivity contribution >= 4 is 21.8 Å². The van der Waals surface area contributed by atoms with Crippen molar-refractivity contribution in [2.45, 2.75) is 51.9 Å². The number of esters is 1. The molecule has 0 aromatic carbocycles. The molecule has 0 radical (unpaired) electrons. The Morgan fingerprint density at radius 2 is 1.88 bits per heavy atom. The molecule has 0 aliphatic carbocycles. The molecule has 8 nitrogen and oxygen atoms in total. The Bertz CT molecular complexity index is 715. The fourth-order valence-electron chi connectivity index (χ4n) is 2.72. The number of carbonyl (C=O) groups is 1. The summed E-state index contributed by atoms with van der Waals surface area (Å²) in [6, 6.07) is 1.79. The summed E-state index contributed by atoms with van der Waals surface area (Å²) in [5.74, 6) is 0.903. The Morgan fingerprint density at radius 1 is 1.23 bits per heavy atom. The predicted molar refractivity (Wildman–Crippen MR) is 99.3 cm³/mol. The lowest BCUT2D eigenvalue weighted by atomic mass is 10.3. The van der Waals surface area contributed by atoms with Gasteiger partial charge in [-0.05, 0) is 33.3 Å². The molecule has 0 unspecified atom stereocenters. The molecule has 1 fully saturated rings. The molecule has 1 aromatic heterocycles. The van der Waals surface area contributed by atoms with Crippen molar-refractivity contribution in [2.24, 2.45) is 0 Å². The van der Waals surface area contributed by atoms with Crippen LogP contribution in [0.4, 0.5) is 5.82 Å². The van der Waals surface area contributed by atoms with Gasteiger partial charge >= 0.3 is 5.97 Å². The van der Waals surface area contributed by atoms with E-state index in [0.717, 1.165) is 12.2 Å². The number of hydrogen-bond donors (Lipinski definition) is 0. The van der Waals surface area contributed by atoms with E-state index in [2.05, 4.69) is 9.97 Å². The standard InChI is InChI=1S/C17H28N4O4S/c1-5-6-16(22)25-14(4)17-18-8-7-15(19-17)20-9-11-21(12-10-20)26(23,24)13(2)3/h7-8,13-14H,5-6,9-12H2,1-4H3/t14-/m1/s1. The van der Waals surface area contributed by atoms with Crippen LogP contribution in [0.25, 0.3) is 0 Å². The summed E-state index contributed by atoms with van der Waals surface area (Å²) >= 11 is 0. The van der Waals surface area contributed by atoms with Gasteiger partial charge in [0, 0.05) is 38.8 Å². The van der Waals surface area contributed by atoms with Crippen LogP contribution in [0.15, 0.2) is 12.3 Å². The maximum Gasteiger partial charge on any atom is 0.306 e. The fraction of sp³-hybridized carbons (Fsp3) is 0.706. The number of aromatic nitrogens is 2. The molecule has 0 N–H and O–H groups in total. The summed E-state index contributed by atoms with van der Waals surface area (Å²) in [5, 5.41) is -0.418. The summed E-state index contributed by atoms with van der Waals surface area (Å²) in [7, 11) is -3.23. The molecule has 1 atom stereocenters. The van der Waals surface area contributed by atoms with Crippen molar-refractivity contribution in [3.8, 4) is 0 Å². The molecule has 0 spiro atoms. The SMILES string of the molecule is CCCC(=O)O[C@H](C)c1nccc(N2CCN(S(=O)(=O)C(C)C)CC2)n1. The Kier molecular flexibility index (Phi) is 6.94. The Hall–Kier alpha value is -1.74. The van der Waals surface area contributed by atoms with Crippen LogP contribution in [0.1, 0.15) is 52.5 Å². The van der Waals surface area contributed by atoms with E-state index in [4.69, 9.17) is 4.74 Å². The predicted octanol–water partition coefficient (Wildman–Crippen LogP) is 1.74. The lowest BCUT2D eigenvalue weighted by Crippen LogP contribution is -2.50. The van der Waals surface area contributed by atoms with Crippen LogP contribution < -0.4 is 4.90 Å². The molecule has 0 bridgehead atoms. The van der Waals surface area contributed by atoms with E-state index in [1.807, 2.05) is 11.8 Å². The zero-order valence-electron chi connectivity index (χ0n) is 15.9. The highest BCUT2D eigenvalue weighted by Crippen LogP contribution is 2.20. The third kappa shape index (κ3) is 4.91. The second-order valence-corrected chi connectivity index (χ2v) is 9.12. The number of piperazine rings is 1. The topological polar surface area (TPSA) is 92.7 Å². The van der Waals surface area contributed by atoms with Crippen molar-refractivity contribution < 1.29 is 17.9 Å². The van der Waals surface area contributed by atoms with E-state index in [0.29, 0.717) is 38.4 Å². The number of hydrogen-bond acceptors (Lipinski definition) is 7. The molecule has 0 saturated carbocycles. The molecule has 1 aromatic rings. The Balaban J connectivity index is 2.02. The van der Waals surface area contributed by atoms with Gasteiger partial charge in [0.05, 0.1) is 5.25 Å². The smallest absolute Gasteiger partial charge is 0.306 e. The molecular formula is C17H28N4O4S. The minimum absolute atomic E-state index is 0.262. The molecular weight excluding hydrogens is 356 g/mol. The number of rotatable bonds is 7. The number of nitrogens with zero attached hydrogens (tertiary/aromatic N) is 4. The molecule has 2 heterocycles. The highest BCUT2D eigenvalue weighted by Gasteiger charge is 2.29. The fourth-order valence-corrected chi connectivity index (χ4v) is 3.99. The number of carbonyl (C=O) groups excluding carboxylic acids is 1.